The molecule has 1 N–H and O–H groups in total. The maximum atomic E-state index is 12.5. The first-order chi connectivity index (χ1) is 12.5. The highest BCUT2D eigenvalue weighted by Gasteiger charge is 2.23. The highest BCUT2D eigenvalue weighted by Crippen LogP contribution is 2.27. The number of nitrogens with one attached hydrogen (secondary N) is 1. The number of nitrogens with zero attached hydrogens (tertiary/aromatic N) is 2. The molecule has 0 spiro atoms. The van der Waals surface area contributed by atoms with Crippen molar-refractivity contribution >= 4 is 23.2 Å². The molecule has 0 saturated carbocycles. The maximum absolute atomic E-state index is 12.5. The predicted molar refractivity (Wildman–Crippen MR) is 104 cm³/mol. The molecular formula is C21H25N3O2. The number of carbonyl (C=O) groups excluding carboxylic acids is 2. The van der Waals surface area contributed by atoms with E-state index >= 15 is 0 Å². The molecule has 0 aliphatic carbocycles. The van der Waals surface area contributed by atoms with Crippen LogP contribution in [-0.2, 0) is 22.4 Å². The van der Waals surface area contributed by atoms with E-state index in [2.05, 4.69) is 11.4 Å². The van der Waals surface area contributed by atoms with E-state index < -0.39 is 0 Å². The summed E-state index contributed by atoms with van der Waals surface area (Å²) < 4.78 is 0. The Bertz CT molecular complexity index is 784. The molecule has 5 nitrogen and oxygen atoms in total. The standard InChI is InChI=1S/C21H25N3O2/c1-23(2)20(25)12-9-16-7-10-18(11-8-16)22-15-21(26)24-14-13-17-5-3-4-6-19(17)24/h3-8,10-11,22H,9,12-15H2,1-2H3. The fourth-order valence-electron chi connectivity index (χ4n) is 3.13. The molecule has 2 aromatic carbocycles. The average molecular weight is 351 g/mol. The summed E-state index contributed by atoms with van der Waals surface area (Å²) in [5, 5.41) is 3.20. The summed E-state index contributed by atoms with van der Waals surface area (Å²) in [6, 6.07) is 16.0. The topological polar surface area (TPSA) is 52.7 Å². The van der Waals surface area contributed by atoms with Gasteiger partial charge in [0.1, 0.15) is 0 Å². The number of amides is 2. The van der Waals surface area contributed by atoms with E-state index in [1.54, 1.807) is 19.0 Å². The van der Waals surface area contributed by atoms with Crippen LogP contribution < -0.4 is 10.2 Å². The van der Waals surface area contributed by atoms with Gasteiger partial charge in [-0.25, -0.2) is 0 Å². The molecule has 0 aromatic heterocycles. The van der Waals surface area contributed by atoms with Gasteiger partial charge in [-0.1, -0.05) is 30.3 Å². The smallest absolute Gasteiger partial charge is 0.246 e. The third kappa shape index (κ3) is 4.23. The quantitative estimate of drug-likeness (QED) is 0.871. The van der Waals surface area contributed by atoms with Gasteiger partial charge in [-0.3, -0.25) is 9.59 Å². The molecule has 0 unspecified atom stereocenters. The minimum absolute atomic E-state index is 0.0793. The number of benzene rings is 2. The van der Waals surface area contributed by atoms with Crippen LogP contribution in [0.3, 0.4) is 0 Å². The van der Waals surface area contributed by atoms with Crippen LogP contribution >= 0.6 is 0 Å². The third-order valence-electron chi connectivity index (χ3n) is 4.71. The van der Waals surface area contributed by atoms with E-state index in [1.165, 1.54) is 5.56 Å². The summed E-state index contributed by atoms with van der Waals surface area (Å²) in [6.45, 7) is 1.02. The van der Waals surface area contributed by atoms with Gasteiger partial charge in [0.05, 0.1) is 6.54 Å². The van der Waals surface area contributed by atoms with E-state index in [9.17, 15) is 9.59 Å². The van der Waals surface area contributed by atoms with Gasteiger partial charge in [0, 0.05) is 38.4 Å². The number of hydrogen-bond acceptors (Lipinski definition) is 3. The second-order valence-electron chi connectivity index (χ2n) is 6.76. The Labute approximate surface area is 154 Å². The lowest BCUT2D eigenvalue weighted by Crippen LogP contribution is -2.34. The van der Waals surface area contributed by atoms with Gasteiger partial charge in [0.2, 0.25) is 11.8 Å². The number of para-hydroxylation sites is 1. The van der Waals surface area contributed by atoms with Crippen molar-refractivity contribution in [3.63, 3.8) is 0 Å². The summed E-state index contributed by atoms with van der Waals surface area (Å²) in [4.78, 5) is 27.6. The number of rotatable bonds is 6. The summed E-state index contributed by atoms with van der Waals surface area (Å²) in [7, 11) is 3.54. The lowest BCUT2D eigenvalue weighted by Gasteiger charge is -2.18. The molecule has 1 heterocycles. The first-order valence-electron chi connectivity index (χ1n) is 8.96. The maximum Gasteiger partial charge on any atom is 0.246 e. The number of anilines is 2. The fourth-order valence-corrected chi connectivity index (χ4v) is 3.13. The molecule has 136 valence electrons. The number of hydrogen-bond donors (Lipinski definition) is 1. The largest absolute Gasteiger partial charge is 0.376 e. The van der Waals surface area contributed by atoms with E-state index in [0.717, 1.165) is 36.3 Å². The second-order valence-corrected chi connectivity index (χ2v) is 6.76. The Morgan fingerprint density at radius 1 is 1.08 bits per heavy atom. The lowest BCUT2D eigenvalue weighted by molar-refractivity contribution is -0.128. The van der Waals surface area contributed by atoms with Gasteiger partial charge in [-0.2, -0.15) is 0 Å². The van der Waals surface area contributed by atoms with Crippen molar-refractivity contribution in [3.05, 3.63) is 59.7 Å². The number of fused-ring (bicyclic) bond motifs is 1. The van der Waals surface area contributed by atoms with Gasteiger partial charge in [0.15, 0.2) is 0 Å². The van der Waals surface area contributed by atoms with E-state index in [0.29, 0.717) is 6.42 Å². The van der Waals surface area contributed by atoms with Crippen molar-refractivity contribution < 1.29 is 9.59 Å². The molecule has 2 aromatic rings. The lowest BCUT2D eigenvalue weighted by atomic mass is 10.1. The molecule has 0 atom stereocenters. The normalized spacial score (nSPS) is 12.6. The van der Waals surface area contributed by atoms with Crippen LogP contribution in [-0.4, -0.2) is 43.9 Å². The zero-order chi connectivity index (χ0) is 18.5. The molecule has 0 saturated heterocycles. The number of carbonyl (C=O) groups is 2. The molecule has 0 radical (unpaired) electrons. The van der Waals surface area contributed by atoms with Crippen LogP contribution in [0.25, 0.3) is 0 Å². The van der Waals surface area contributed by atoms with E-state index in [4.69, 9.17) is 0 Å². The zero-order valence-electron chi connectivity index (χ0n) is 15.4. The summed E-state index contributed by atoms with van der Waals surface area (Å²) >= 11 is 0. The fraction of sp³-hybridized carbons (Fsp3) is 0.333. The second kappa shape index (κ2) is 8.04. The molecule has 3 rings (SSSR count). The van der Waals surface area contributed by atoms with Crippen LogP contribution in [0.15, 0.2) is 48.5 Å². The average Bonchev–Trinajstić information content (AvgIpc) is 3.09. The van der Waals surface area contributed by atoms with Gasteiger partial charge < -0.3 is 15.1 Å². The van der Waals surface area contributed by atoms with Crippen molar-refractivity contribution in [1.82, 2.24) is 4.90 Å². The molecule has 0 bridgehead atoms. The Kier molecular flexibility index (Phi) is 5.56. The van der Waals surface area contributed by atoms with Crippen LogP contribution in [0, 0.1) is 0 Å². The zero-order valence-corrected chi connectivity index (χ0v) is 15.4. The monoisotopic (exact) mass is 351 g/mol. The molecular weight excluding hydrogens is 326 g/mol. The minimum atomic E-state index is 0.0793. The van der Waals surface area contributed by atoms with Gasteiger partial charge >= 0.3 is 0 Å². The Hall–Kier alpha value is -2.82. The Balaban J connectivity index is 1.51. The summed E-state index contributed by atoms with van der Waals surface area (Å²) in [6.07, 6.45) is 2.15. The Morgan fingerprint density at radius 2 is 1.81 bits per heavy atom. The first-order valence-corrected chi connectivity index (χ1v) is 8.96. The van der Waals surface area contributed by atoms with Crippen molar-refractivity contribution in [1.29, 1.82) is 0 Å². The number of aryl methyl sites for hydroxylation is 1. The molecule has 0 fully saturated rings. The Morgan fingerprint density at radius 3 is 2.54 bits per heavy atom. The highest BCUT2D eigenvalue weighted by molar-refractivity contribution is 5.98. The van der Waals surface area contributed by atoms with E-state index in [-0.39, 0.29) is 18.4 Å². The first kappa shape index (κ1) is 18.0. The summed E-state index contributed by atoms with van der Waals surface area (Å²) in [5.74, 6) is 0.208. The molecule has 5 heteroatoms. The molecule has 2 amide bonds. The van der Waals surface area contributed by atoms with Crippen LogP contribution in [0.2, 0.25) is 0 Å². The molecule has 1 aliphatic rings. The van der Waals surface area contributed by atoms with Crippen molar-refractivity contribution in [3.8, 4) is 0 Å². The molecule has 1 aliphatic heterocycles. The van der Waals surface area contributed by atoms with Crippen LogP contribution in [0.1, 0.15) is 17.5 Å². The SMILES string of the molecule is CN(C)C(=O)CCc1ccc(NCC(=O)N2CCc3ccccc32)cc1. The summed E-state index contributed by atoms with van der Waals surface area (Å²) in [5.41, 5.74) is 4.29. The molecule has 26 heavy (non-hydrogen) atoms. The van der Waals surface area contributed by atoms with Gasteiger partial charge in [0.25, 0.3) is 0 Å². The highest BCUT2D eigenvalue weighted by atomic mass is 16.2. The van der Waals surface area contributed by atoms with Gasteiger partial charge in [-0.15, -0.1) is 0 Å². The van der Waals surface area contributed by atoms with Crippen molar-refractivity contribution in [2.75, 3.05) is 37.4 Å². The van der Waals surface area contributed by atoms with Crippen molar-refractivity contribution in [2.24, 2.45) is 0 Å². The van der Waals surface area contributed by atoms with E-state index in [1.807, 2.05) is 47.4 Å². The predicted octanol–water partition coefficient (Wildman–Crippen LogP) is 2.71. The third-order valence-corrected chi connectivity index (χ3v) is 4.71. The van der Waals surface area contributed by atoms with Crippen LogP contribution in [0.4, 0.5) is 11.4 Å². The van der Waals surface area contributed by atoms with Crippen molar-refractivity contribution in [2.45, 2.75) is 19.3 Å². The minimum Gasteiger partial charge on any atom is -0.376 e. The van der Waals surface area contributed by atoms with Crippen LogP contribution in [0.5, 0.6) is 0 Å². The van der Waals surface area contributed by atoms with Gasteiger partial charge in [-0.05, 0) is 42.2 Å².